The first-order valence-electron chi connectivity index (χ1n) is 8.31. The van der Waals surface area contributed by atoms with Gasteiger partial charge in [0.1, 0.15) is 0 Å². The molecule has 3 aromatic rings. The van der Waals surface area contributed by atoms with Crippen LogP contribution in [0.4, 0.5) is 0 Å². The minimum absolute atomic E-state index is 0.251. The zero-order valence-corrected chi connectivity index (χ0v) is 16.0. The first-order chi connectivity index (χ1) is 12.5. The Morgan fingerprint density at radius 1 is 1.04 bits per heavy atom. The molecule has 0 N–H and O–H groups in total. The molecule has 0 bridgehead atoms. The van der Waals surface area contributed by atoms with Crippen molar-refractivity contribution in [1.29, 1.82) is 0 Å². The van der Waals surface area contributed by atoms with Crippen LogP contribution in [0, 0.1) is 6.92 Å². The number of hydrogen-bond acceptors (Lipinski definition) is 2. The molecule has 0 unspecified atom stereocenters. The summed E-state index contributed by atoms with van der Waals surface area (Å²) in [6, 6.07) is 17.2. The third-order valence-electron chi connectivity index (χ3n) is 3.99. The van der Waals surface area contributed by atoms with E-state index in [1.807, 2.05) is 67.6 Å². The van der Waals surface area contributed by atoms with Crippen LogP contribution in [0.25, 0.3) is 6.08 Å². The van der Waals surface area contributed by atoms with Crippen molar-refractivity contribution in [3.05, 3.63) is 109 Å². The van der Waals surface area contributed by atoms with Crippen LogP contribution >= 0.6 is 15.9 Å². The second-order valence-corrected chi connectivity index (χ2v) is 7.04. The van der Waals surface area contributed by atoms with Crippen LogP contribution in [0.15, 0.2) is 80.9 Å². The lowest BCUT2D eigenvalue weighted by Gasteiger charge is -2.09. The van der Waals surface area contributed by atoms with Crippen LogP contribution in [0.5, 0.6) is 0 Å². The molecular formula is C21H19BrN2O2. The van der Waals surface area contributed by atoms with Gasteiger partial charge in [-0.05, 0) is 35.7 Å². The number of nitrogens with zero attached hydrogens (tertiary/aromatic N) is 2. The molecule has 4 nitrogen and oxygen atoms in total. The Hall–Kier alpha value is -2.66. The van der Waals surface area contributed by atoms with Crippen LogP contribution < -0.4 is 11.2 Å². The minimum atomic E-state index is -0.312. The standard InChI is InChI=1S/C21H19BrN2O2/c1-16-12-18(14-19(22)13-16)15-24-20(25)9-11-23(21(24)26)10-5-8-17-6-3-2-4-7-17/h2-9,11-14H,10,15H2,1H3/b8-5+. The number of rotatable bonds is 5. The molecule has 0 saturated heterocycles. The van der Waals surface area contributed by atoms with E-state index >= 15 is 0 Å². The van der Waals surface area contributed by atoms with Gasteiger partial charge in [-0.2, -0.15) is 0 Å². The molecule has 0 saturated carbocycles. The molecule has 2 aromatic carbocycles. The van der Waals surface area contributed by atoms with Crippen LogP contribution in [-0.2, 0) is 13.1 Å². The van der Waals surface area contributed by atoms with Crippen molar-refractivity contribution in [2.45, 2.75) is 20.0 Å². The number of allylic oxidation sites excluding steroid dienone is 1. The van der Waals surface area contributed by atoms with Crippen molar-refractivity contribution in [2.24, 2.45) is 0 Å². The normalized spacial score (nSPS) is 11.2. The number of benzene rings is 2. The van der Waals surface area contributed by atoms with Gasteiger partial charge in [-0.1, -0.05) is 64.5 Å². The monoisotopic (exact) mass is 410 g/mol. The Kier molecular flexibility index (Phi) is 5.68. The smallest absolute Gasteiger partial charge is 0.297 e. The highest BCUT2D eigenvalue weighted by atomic mass is 79.9. The topological polar surface area (TPSA) is 44.0 Å². The highest BCUT2D eigenvalue weighted by Gasteiger charge is 2.06. The minimum Gasteiger partial charge on any atom is -0.297 e. The fourth-order valence-corrected chi connectivity index (χ4v) is 3.45. The second kappa shape index (κ2) is 8.15. The van der Waals surface area contributed by atoms with E-state index in [0.717, 1.165) is 21.2 Å². The molecule has 0 atom stereocenters. The molecule has 0 spiro atoms. The molecule has 0 aliphatic rings. The number of aryl methyl sites for hydroxylation is 1. The SMILES string of the molecule is Cc1cc(Br)cc(Cn2c(=O)ccn(C/C=C/c3ccccc3)c2=O)c1. The molecule has 26 heavy (non-hydrogen) atoms. The van der Waals surface area contributed by atoms with Crippen molar-refractivity contribution in [1.82, 2.24) is 9.13 Å². The van der Waals surface area contributed by atoms with E-state index in [9.17, 15) is 9.59 Å². The predicted octanol–water partition coefficient (Wildman–Crippen LogP) is 3.84. The van der Waals surface area contributed by atoms with Gasteiger partial charge < -0.3 is 0 Å². The Labute approximate surface area is 160 Å². The number of aromatic nitrogens is 2. The van der Waals surface area contributed by atoms with Gasteiger partial charge >= 0.3 is 5.69 Å². The van der Waals surface area contributed by atoms with Crippen molar-refractivity contribution in [2.75, 3.05) is 0 Å². The van der Waals surface area contributed by atoms with Gasteiger partial charge in [0, 0.05) is 23.3 Å². The summed E-state index contributed by atoms with van der Waals surface area (Å²) in [5.74, 6) is 0. The molecule has 0 fully saturated rings. The fourth-order valence-electron chi connectivity index (χ4n) is 2.79. The lowest BCUT2D eigenvalue weighted by molar-refractivity contribution is 0.618. The van der Waals surface area contributed by atoms with Crippen LogP contribution in [0.1, 0.15) is 16.7 Å². The van der Waals surface area contributed by atoms with Gasteiger partial charge in [0.2, 0.25) is 0 Å². The van der Waals surface area contributed by atoms with E-state index in [0.29, 0.717) is 6.54 Å². The largest absolute Gasteiger partial charge is 0.331 e. The van der Waals surface area contributed by atoms with E-state index in [1.54, 1.807) is 6.20 Å². The maximum atomic E-state index is 12.7. The fraction of sp³-hybridized carbons (Fsp3) is 0.143. The summed E-state index contributed by atoms with van der Waals surface area (Å²) in [5.41, 5.74) is 2.44. The molecule has 0 radical (unpaired) electrons. The zero-order valence-electron chi connectivity index (χ0n) is 14.4. The summed E-state index contributed by atoms with van der Waals surface area (Å²) >= 11 is 3.45. The van der Waals surface area contributed by atoms with Gasteiger partial charge in [-0.15, -0.1) is 0 Å². The molecule has 3 rings (SSSR count). The van der Waals surface area contributed by atoms with Crippen molar-refractivity contribution in [3.8, 4) is 0 Å². The van der Waals surface area contributed by atoms with Gasteiger partial charge in [0.05, 0.1) is 6.54 Å². The van der Waals surface area contributed by atoms with Crippen LogP contribution in [0.3, 0.4) is 0 Å². The van der Waals surface area contributed by atoms with Gasteiger partial charge in [-0.3, -0.25) is 13.9 Å². The van der Waals surface area contributed by atoms with Crippen molar-refractivity contribution >= 4 is 22.0 Å². The van der Waals surface area contributed by atoms with Crippen molar-refractivity contribution in [3.63, 3.8) is 0 Å². The highest BCUT2D eigenvalue weighted by Crippen LogP contribution is 2.15. The summed E-state index contributed by atoms with van der Waals surface area (Å²) in [5, 5.41) is 0. The van der Waals surface area contributed by atoms with Gasteiger partial charge in [-0.25, -0.2) is 4.79 Å². The summed E-state index contributed by atoms with van der Waals surface area (Å²) in [7, 11) is 0. The van der Waals surface area contributed by atoms with Gasteiger partial charge in [0.25, 0.3) is 5.56 Å². The quantitative estimate of drug-likeness (QED) is 0.641. The number of hydrogen-bond donors (Lipinski definition) is 0. The molecule has 0 amide bonds. The summed E-state index contributed by atoms with van der Waals surface area (Å²) in [6.07, 6.45) is 5.41. The van der Waals surface area contributed by atoms with E-state index in [2.05, 4.69) is 15.9 Å². The second-order valence-electron chi connectivity index (χ2n) is 6.12. The Morgan fingerprint density at radius 2 is 1.81 bits per heavy atom. The van der Waals surface area contributed by atoms with E-state index < -0.39 is 0 Å². The molecule has 0 aliphatic carbocycles. The zero-order chi connectivity index (χ0) is 18.5. The maximum absolute atomic E-state index is 12.7. The molecular weight excluding hydrogens is 392 g/mol. The third-order valence-corrected chi connectivity index (χ3v) is 4.45. The van der Waals surface area contributed by atoms with Crippen molar-refractivity contribution < 1.29 is 0 Å². The highest BCUT2D eigenvalue weighted by molar-refractivity contribution is 9.10. The molecule has 1 aromatic heterocycles. The Bertz CT molecular complexity index is 1030. The lowest BCUT2D eigenvalue weighted by atomic mass is 10.1. The first kappa shape index (κ1) is 18.1. The Morgan fingerprint density at radius 3 is 2.54 bits per heavy atom. The molecule has 5 heteroatoms. The first-order valence-corrected chi connectivity index (χ1v) is 9.10. The molecule has 1 heterocycles. The average Bonchev–Trinajstić information content (AvgIpc) is 2.61. The van der Waals surface area contributed by atoms with Gasteiger partial charge in [0.15, 0.2) is 0 Å². The van der Waals surface area contributed by atoms with E-state index in [-0.39, 0.29) is 17.8 Å². The lowest BCUT2D eigenvalue weighted by Crippen LogP contribution is -2.39. The summed E-state index contributed by atoms with van der Waals surface area (Å²) in [4.78, 5) is 24.9. The van der Waals surface area contributed by atoms with Crippen LogP contribution in [0.2, 0.25) is 0 Å². The van der Waals surface area contributed by atoms with E-state index in [1.165, 1.54) is 15.2 Å². The third kappa shape index (κ3) is 4.49. The maximum Gasteiger partial charge on any atom is 0.331 e. The molecule has 132 valence electrons. The van der Waals surface area contributed by atoms with Crippen LogP contribution in [-0.4, -0.2) is 9.13 Å². The Balaban J connectivity index is 1.85. The number of halogens is 1. The average molecular weight is 411 g/mol. The van der Waals surface area contributed by atoms with E-state index in [4.69, 9.17) is 0 Å². The predicted molar refractivity (Wildman–Crippen MR) is 108 cm³/mol. The molecule has 0 aliphatic heterocycles. The summed E-state index contributed by atoms with van der Waals surface area (Å²) in [6.45, 7) is 2.64. The summed E-state index contributed by atoms with van der Waals surface area (Å²) < 4.78 is 3.73.